The second kappa shape index (κ2) is 78.3. The molecule has 0 aromatic heterocycles. The van der Waals surface area contributed by atoms with Gasteiger partial charge in [-0.3, -0.25) is 37.3 Å². The monoisotopic (exact) mass is 1550 g/mol. The number of unbranched alkanes of at least 4 members (excludes halogenated alkanes) is 55. The minimum Gasteiger partial charge on any atom is -0.462 e. The highest BCUT2D eigenvalue weighted by Gasteiger charge is 2.30. The van der Waals surface area contributed by atoms with Crippen LogP contribution in [0.1, 0.15) is 465 Å². The van der Waals surface area contributed by atoms with Crippen molar-refractivity contribution < 1.29 is 80.2 Å². The molecule has 0 bridgehead atoms. The summed E-state index contributed by atoms with van der Waals surface area (Å²) in [7, 11) is -9.93. The Labute approximate surface area is 651 Å². The molecule has 0 spiro atoms. The van der Waals surface area contributed by atoms with Crippen molar-refractivity contribution in [3.63, 3.8) is 0 Å². The molecule has 0 aliphatic carbocycles. The summed E-state index contributed by atoms with van der Waals surface area (Å²) in [5, 5.41) is 10.7. The molecule has 630 valence electrons. The van der Waals surface area contributed by atoms with Gasteiger partial charge in [0.25, 0.3) is 0 Å². The maximum atomic E-state index is 13.2. The molecule has 0 saturated carbocycles. The minimum atomic E-state index is -4.97. The predicted molar refractivity (Wildman–Crippen MR) is 437 cm³/mol. The molecule has 0 rings (SSSR count). The van der Waals surface area contributed by atoms with Crippen molar-refractivity contribution in [3.05, 3.63) is 0 Å². The van der Waals surface area contributed by atoms with Crippen LogP contribution in [0.3, 0.4) is 0 Å². The van der Waals surface area contributed by atoms with Crippen LogP contribution < -0.4 is 0 Å². The first-order valence-electron chi connectivity index (χ1n) is 45.0. The number of rotatable bonds is 86. The normalized spacial score (nSPS) is 14.1. The Kier molecular flexibility index (Phi) is 76.9. The predicted octanol–water partition coefficient (Wildman–Crippen LogP) is 26.6. The van der Waals surface area contributed by atoms with E-state index < -0.39 is 97.5 Å². The standard InChI is InChI=1S/C87H170O17P2/c1-7-10-12-14-16-18-20-22-23-24-25-26-27-28-29-34-41-47-53-59-65-71-86(91)103-83(76-98-85(90)70-64-58-52-46-40-33-31-30-32-38-44-50-56-62-68-80(6)9-3)78-102-106(95,96)100-74-81(88)73-99-105(93,94)101-77-82(75-97-84(89)69-63-57-51-45-39-21-19-17-15-13-11-8-2)104-87(92)72-66-60-54-48-42-36-35-37-43-49-55-61-67-79(4)5/h79-83,88H,7-78H2,1-6H3,(H,93,94)(H,95,96)/t80?,81-,82+,83+/m0/s1. The minimum absolute atomic E-state index is 0.108. The molecule has 19 heteroatoms. The first-order chi connectivity index (χ1) is 51.4. The van der Waals surface area contributed by atoms with Gasteiger partial charge in [0.1, 0.15) is 19.3 Å². The van der Waals surface area contributed by atoms with Crippen LogP contribution in [-0.2, 0) is 65.4 Å². The van der Waals surface area contributed by atoms with Gasteiger partial charge in [-0.15, -0.1) is 0 Å². The van der Waals surface area contributed by atoms with Crippen molar-refractivity contribution in [1.82, 2.24) is 0 Å². The third kappa shape index (κ3) is 78.7. The van der Waals surface area contributed by atoms with Crippen LogP contribution in [0.4, 0.5) is 0 Å². The van der Waals surface area contributed by atoms with Crippen LogP contribution in [-0.4, -0.2) is 96.7 Å². The molecule has 3 unspecified atom stereocenters. The maximum Gasteiger partial charge on any atom is 0.472 e. The lowest BCUT2D eigenvalue weighted by molar-refractivity contribution is -0.161. The van der Waals surface area contributed by atoms with Crippen molar-refractivity contribution in [2.24, 2.45) is 11.8 Å². The summed E-state index contributed by atoms with van der Waals surface area (Å²) in [5.41, 5.74) is 0. The summed E-state index contributed by atoms with van der Waals surface area (Å²) in [6.45, 7) is 9.74. The van der Waals surface area contributed by atoms with Gasteiger partial charge in [-0.25, -0.2) is 9.13 Å². The van der Waals surface area contributed by atoms with E-state index >= 15 is 0 Å². The number of esters is 4. The molecule has 0 heterocycles. The average molecular weight is 1550 g/mol. The lowest BCUT2D eigenvalue weighted by atomic mass is 9.99. The second-order valence-electron chi connectivity index (χ2n) is 32.0. The second-order valence-corrected chi connectivity index (χ2v) is 34.9. The number of carbonyl (C=O) groups is 4. The zero-order valence-corrected chi connectivity index (χ0v) is 71.5. The van der Waals surface area contributed by atoms with Gasteiger partial charge in [0, 0.05) is 25.7 Å². The highest BCUT2D eigenvalue weighted by atomic mass is 31.2. The lowest BCUT2D eigenvalue weighted by Gasteiger charge is -2.21. The molecule has 0 saturated heterocycles. The summed E-state index contributed by atoms with van der Waals surface area (Å²) in [5.74, 6) is -0.473. The summed E-state index contributed by atoms with van der Waals surface area (Å²) in [6.07, 6.45) is 70.7. The van der Waals surface area contributed by atoms with Gasteiger partial charge in [-0.2, -0.15) is 0 Å². The Hall–Kier alpha value is -1.94. The van der Waals surface area contributed by atoms with E-state index in [0.29, 0.717) is 25.7 Å². The van der Waals surface area contributed by atoms with Gasteiger partial charge in [-0.1, -0.05) is 414 Å². The van der Waals surface area contributed by atoms with Crippen LogP contribution in [0.25, 0.3) is 0 Å². The van der Waals surface area contributed by atoms with E-state index in [1.54, 1.807) is 0 Å². The molecular formula is C87H170O17P2. The number of aliphatic hydroxyl groups excluding tert-OH is 1. The fourth-order valence-electron chi connectivity index (χ4n) is 13.6. The van der Waals surface area contributed by atoms with Crippen molar-refractivity contribution in [3.8, 4) is 0 Å². The average Bonchev–Trinajstić information content (AvgIpc) is 0.904. The van der Waals surface area contributed by atoms with E-state index in [-0.39, 0.29) is 25.7 Å². The number of hydrogen-bond donors (Lipinski definition) is 3. The molecule has 3 N–H and O–H groups in total. The van der Waals surface area contributed by atoms with Crippen molar-refractivity contribution in [2.45, 2.75) is 484 Å². The summed E-state index contributed by atoms with van der Waals surface area (Å²) < 4.78 is 69.0. The molecule has 6 atom stereocenters. The quantitative estimate of drug-likeness (QED) is 0.0222. The molecule has 0 fully saturated rings. The lowest BCUT2D eigenvalue weighted by Crippen LogP contribution is -2.30. The molecule has 0 amide bonds. The number of phosphoric acid groups is 2. The Morgan fingerprint density at radius 1 is 0.274 bits per heavy atom. The van der Waals surface area contributed by atoms with Gasteiger partial charge in [0.05, 0.1) is 26.4 Å². The molecule has 0 aromatic carbocycles. The first-order valence-corrected chi connectivity index (χ1v) is 48.0. The zero-order chi connectivity index (χ0) is 77.8. The first kappa shape index (κ1) is 104. The number of ether oxygens (including phenoxy) is 4. The largest absolute Gasteiger partial charge is 0.472 e. The van der Waals surface area contributed by atoms with E-state index in [1.807, 2.05) is 0 Å². The zero-order valence-electron chi connectivity index (χ0n) is 69.7. The van der Waals surface area contributed by atoms with E-state index in [9.17, 15) is 43.2 Å². The third-order valence-electron chi connectivity index (χ3n) is 20.8. The molecule has 0 aliphatic rings. The van der Waals surface area contributed by atoms with Gasteiger partial charge in [0.15, 0.2) is 12.2 Å². The molecule has 17 nitrogen and oxygen atoms in total. The Bertz CT molecular complexity index is 2030. The summed E-state index contributed by atoms with van der Waals surface area (Å²) in [4.78, 5) is 73.3. The van der Waals surface area contributed by atoms with Gasteiger partial charge in [-0.05, 0) is 37.5 Å². The van der Waals surface area contributed by atoms with Crippen molar-refractivity contribution in [1.29, 1.82) is 0 Å². The van der Waals surface area contributed by atoms with E-state index in [1.165, 1.54) is 283 Å². The van der Waals surface area contributed by atoms with Gasteiger partial charge >= 0.3 is 39.5 Å². The smallest absolute Gasteiger partial charge is 0.462 e. The fraction of sp³-hybridized carbons (Fsp3) is 0.954. The van der Waals surface area contributed by atoms with Crippen molar-refractivity contribution >= 4 is 39.5 Å². The number of phosphoric ester groups is 2. The maximum absolute atomic E-state index is 13.2. The van der Waals surface area contributed by atoms with Crippen LogP contribution in [0, 0.1) is 11.8 Å². The van der Waals surface area contributed by atoms with Crippen LogP contribution in [0.15, 0.2) is 0 Å². The molecule has 0 aromatic rings. The Balaban J connectivity index is 5.25. The SMILES string of the molecule is CCCCCCCCCCCCCCCCCCCCCCCC(=O)O[C@H](COC(=O)CCCCCCCCCCCCCCCCC(C)CC)COP(=O)(O)OC[C@@H](O)COP(=O)(O)OC[C@@H](COC(=O)CCCCCCCCCCCCCC)OC(=O)CCCCCCCCCCCCCCC(C)C. The topological polar surface area (TPSA) is 237 Å². The van der Waals surface area contributed by atoms with E-state index in [4.69, 9.17) is 37.0 Å². The summed E-state index contributed by atoms with van der Waals surface area (Å²) >= 11 is 0. The van der Waals surface area contributed by atoms with E-state index in [0.717, 1.165) is 102 Å². The molecule has 0 aliphatic heterocycles. The molecule has 106 heavy (non-hydrogen) atoms. The van der Waals surface area contributed by atoms with Gasteiger partial charge < -0.3 is 33.8 Å². The van der Waals surface area contributed by atoms with Crippen LogP contribution in [0.5, 0.6) is 0 Å². The van der Waals surface area contributed by atoms with E-state index in [2.05, 4.69) is 41.5 Å². The Morgan fingerprint density at radius 3 is 0.717 bits per heavy atom. The van der Waals surface area contributed by atoms with Crippen molar-refractivity contribution in [2.75, 3.05) is 39.6 Å². The number of carbonyl (C=O) groups excluding carboxylic acids is 4. The molecule has 0 radical (unpaired) electrons. The number of aliphatic hydroxyl groups is 1. The highest BCUT2D eigenvalue weighted by Crippen LogP contribution is 2.45. The third-order valence-corrected chi connectivity index (χ3v) is 22.7. The highest BCUT2D eigenvalue weighted by molar-refractivity contribution is 7.47. The fourth-order valence-corrected chi connectivity index (χ4v) is 15.1. The Morgan fingerprint density at radius 2 is 0.481 bits per heavy atom. The van der Waals surface area contributed by atoms with Crippen LogP contribution in [0.2, 0.25) is 0 Å². The number of hydrogen-bond acceptors (Lipinski definition) is 15. The van der Waals surface area contributed by atoms with Crippen LogP contribution >= 0.6 is 15.6 Å². The molecular weight excluding hydrogens is 1380 g/mol. The summed E-state index contributed by atoms with van der Waals surface area (Å²) in [6, 6.07) is 0. The van der Waals surface area contributed by atoms with Gasteiger partial charge in [0.2, 0.25) is 0 Å².